The van der Waals surface area contributed by atoms with Crippen molar-refractivity contribution in [2.75, 3.05) is 13.1 Å². The van der Waals surface area contributed by atoms with Crippen LogP contribution < -0.4 is 5.32 Å². The smallest absolute Gasteiger partial charge is 0.000000940 e. The number of hydrogen-bond acceptors (Lipinski definition) is 1. The molecular weight excluding hydrogens is 189 g/mol. The summed E-state index contributed by atoms with van der Waals surface area (Å²) in [4.78, 5) is 0. The maximum atomic E-state index is 3.60. The highest BCUT2D eigenvalue weighted by Gasteiger charge is 2.30. The number of rotatable bonds is 3. The summed E-state index contributed by atoms with van der Waals surface area (Å²) in [5.41, 5.74) is 0.420. The van der Waals surface area contributed by atoms with E-state index in [0.717, 1.165) is 12.5 Å². The summed E-state index contributed by atoms with van der Waals surface area (Å²) >= 11 is 0. The van der Waals surface area contributed by atoms with Gasteiger partial charge in [-0.05, 0) is 48.8 Å². The monoisotopic (exact) mass is 215 g/mol. The van der Waals surface area contributed by atoms with Crippen LogP contribution in [0.25, 0.3) is 0 Å². The molecule has 0 aromatic heterocycles. The first-order chi connectivity index (χ1) is 6.29. The molecular formula is C12H26NP. The van der Waals surface area contributed by atoms with Gasteiger partial charge in [0.1, 0.15) is 0 Å². The SMILES string of the molecule is CC(C)(C)CNCC1CCC(C)(P)C1. The fraction of sp³-hybridized carbons (Fsp3) is 1.00. The molecule has 0 amide bonds. The summed E-state index contributed by atoms with van der Waals surface area (Å²) in [6, 6.07) is 0. The fourth-order valence-corrected chi connectivity index (χ4v) is 2.72. The van der Waals surface area contributed by atoms with E-state index in [2.05, 4.69) is 42.3 Å². The molecule has 0 aromatic rings. The molecule has 0 saturated heterocycles. The van der Waals surface area contributed by atoms with Crippen molar-refractivity contribution in [1.82, 2.24) is 5.32 Å². The summed E-state index contributed by atoms with van der Waals surface area (Å²) in [6.07, 6.45) is 4.14. The molecule has 0 heterocycles. The lowest BCUT2D eigenvalue weighted by Gasteiger charge is -2.21. The van der Waals surface area contributed by atoms with Gasteiger partial charge in [-0.2, -0.15) is 0 Å². The Morgan fingerprint density at radius 1 is 1.43 bits per heavy atom. The van der Waals surface area contributed by atoms with Gasteiger partial charge in [-0.15, -0.1) is 9.24 Å². The van der Waals surface area contributed by atoms with Gasteiger partial charge >= 0.3 is 0 Å². The van der Waals surface area contributed by atoms with Gasteiger partial charge in [0.2, 0.25) is 0 Å². The predicted octanol–water partition coefficient (Wildman–Crippen LogP) is 3.06. The van der Waals surface area contributed by atoms with Crippen LogP contribution in [0.15, 0.2) is 0 Å². The lowest BCUT2D eigenvalue weighted by atomic mass is 9.96. The third kappa shape index (κ3) is 4.75. The molecule has 1 fully saturated rings. The van der Waals surface area contributed by atoms with E-state index in [9.17, 15) is 0 Å². The molecule has 84 valence electrons. The highest BCUT2D eigenvalue weighted by atomic mass is 31.0. The van der Waals surface area contributed by atoms with Gasteiger partial charge in [0.15, 0.2) is 0 Å². The van der Waals surface area contributed by atoms with Crippen molar-refractivity contribution in [3.63, 3.8) is 0 Å². The lowest BCUT2D eigenvalue weighted by Crippen LogP contribution is -2.30. The normalized spacial score (nSPS) is 33.6. The van der Waals surface area contributed by atoms with E-state index in [1.165, 1.54) is 25.8 Å². The molecule has 1 rings (SSSR count). The van der Waals surface area contributed by atoms with E-state index in [1.807, 2.05) is 0 Å². The molecule has 0 aliphatic heterocycles. The fourth-order valence-electron chi connectivity index (χ4n) is 2.22. The Bertz CT molecular complexity index is 181. The first-order valence-electron chi connectivity index (χ1n) is 5.78. The van der Waals surface area contributed by atoms with Crippen molar-refractivity contribution in [2.24, 2.45) is 11.3 Å². The Balaban J connectivity index is 2.15. The molecule has 1 aliphatic rings. The molecule has 0 aromatic carbocycles. The van der Waals surface area contributed by atoms with Crippen LogP contribution in [0.2, 0.25) is 0 Å². The molecule has 0 spiro atoms. The van der Waals surface area contributed by atoms with Gasteiger partial charge in [-0.1, -0.05) is 27.7 Å². The van der Waals surface area contributed by atoms with E-state index >= 15 is 0 Å². The van der Waals surface area contributed by atoms with Gasteiger partial charge in [-0.3, -0.25) is 0 Å². The van der Waals surface area contributed by atoms with Gasteiger partial charge in [0.05, 0.1) is 0 Å². The Kier molecular flexibility index (Phi) is 4.00. The molecule has 2 heteroatoms. The van der Waals surface area contributed by atoms with Crippen LogP contribution in [0.5, 0.6) is 0 Å². The topological polar surface area (TPSA) is 12.0 Å². The van der Waals surface area contributed by atoms with Crippen LogP contribution in [0.1, 0.15) is 47.0 Å². The second-order valence-corrected chi connectivity index (χ2v) is 7.85. The van der Waals surface area contributed by atoms with Crippen molar-refractivity contribution in [1.29, 1.82) is 0 Å². The molecule has 1 N–H and O–H groups in total. The van der Waals surface area contributed by atoms with Crippen LogP contribution in [-0.2, 0) is 0 Å². The van der Waals surface area contributed by atoms with E-state index in [1.54, 1.807) is 0 Å². The minimum Gasteiger partial charge on any atom is -0.316 e. The minimum absolute atomic E-state index is 0.420. The molecule has 1 aliphatic carbocycles. The highest BCUT2D eigenvalue weighted by Crippen LogP contribution is 2.40. The molecule has 0 bridgehead atoms. The van der Waals surface area contributed by atoms with Crippen molar-refractivity contribution in [3.05, 3.63) is 0 Å². The second-order valence-electron chi connectivity index (χ2n) is 6.45. The maximum Gasteiger partial charge on any atom is -0.000000940 e. The maximum absolute atomic E-state index is 3.60. The highest BCUT2D eigenvalue weighted by molar-refractivity contribution is 7.18. The number of hydrogen-bond donors (Lipinski definition) is 1. The zero-order valence-corrected chi connectivity index (χ0v) is 11.3. The van der Waals surface area contributed by atoms with Crippen LogP contribution in [0.3, 0.4) is 0 Å². The molecule has 1 saturated carbocycles. The molecule has 1 nitrogen and oxygen atoms in total. The van der Waals surface area contributed by atoms with E-state index in [4.69, 9.17) is 0 Å². The summed E-state index contributed by atoms with van der Waals surface area (Å²) in [5.74, 6) is 0.903. The van der Waals surface area contributed by atoms with Crippen molar-refractivity contribution in [2.45, 2.75) is 52.1 Å². The van der Waals surface area contributed by atoms with Crippen molar-refractivity contribution >= 4 is 9.24 Å². The molecule has 0 radical (unpaired) electrons. The average Bonchev–Trinajstić information content (AvgIpc) is 2.27. The Morgan fingerprint density at radius 3 is 2.50 bits per heavy atom. The number of nitrogens with one attached hydrogen (secondary N) is 1. The molecule has 3 atom stereocenters. The third-order valence-electron chi connectivity index (χ3n) is 2.97. The first kappa shape index (κ1) is 12.5. The summed E-state index contributed by atoms with van der Waals surface area (Å²) in [7, 11) is 3.02. The second kappa shape index (κ2) is 4.49. The lowest BCUT2D eigenvalue weighted by molar-refractivity contribution is 0.358. The van der Waals surface area contributed by atoms with Crippen LogP contribution in [0, 0.1) is 11.3 Å². The van der Waals surface area contributed by atoms with Crippen LogP contribution in [-0.4, -0.2) is 18.2 Å². The Hall–Kier alpha value is 0.390. The van der Waals surface area contributed by atoms with E-state index < -0.39 is 0 Å². The minimum atomic E-state index is 0.420. The standard InChI is InChI=1S/C12H26NP/c1-11(2,3)9-13-8-10-5-6-12(4,14)7-10/h10,13H,5-9,14H2,1-4H3. The van der Waals surface area contributed by atoms with Gasteiger partial charge in [-0.25, -0.2) is 0 Å². The van der Waals surface area contributed by atoms with Gasteiger partial charge in [0, 0.05) is 0 Å². The molecule has 14 heavy (non-hydrogen) atoms. The van der Waals surface area contributed by atoms with Crippen LogP contribution in [0.4, 0.5) is 0 Å². The summed E-state index contributed by atoms with van der Waals surface area (Å²) in [5, 5.41) is 4.12. The van der Waals surface area contributed by atoms with Gasteiger partial charge < -0.3 is 5.32 Å². The largest absolute Gasteiger partial charge is 0.316 e. The van der Waals surface area contributed by atoms with Crippen molar-refractivity contribution < 1.29 is 0 Å². The zero-order chi connectivity index (χ0) is 10.8. The predicted molar refractivity (Wildman–Crippen MR) is 67.8 cm³/mol. The van der Waals surface area contributed by atoms with Crippen LogP contribution >= 0.6 is 9.24 Å². The van der Waals surface area contributed by atoms with E-state index in [-0.39, 0.29) is 0 Å². The Labute approximate surface area is 91.6 Å². The summed E-state index contributed by atoms with van der Waals surface area (Å²) < 4.78 is 0. The zero-order valence-electron chi connectivity index (χ0n) is 10.2. The first-order valence-corrected chi connectivity index (χ1v) is 6.36. The summed E-state index contributed by atoms with van der Waals surface area (Å²) in [6.45, 7) is 11.6. The quantitative estimate of drug-likeness (QED) is 0.713. The van der Waals surface area contributed by atoms with Crippen molar-refractivity contribution in [3.8, 4) is 0 Å². The molecule has 3 unspecified atom stereocenters. The van der Waals surface area contributed by atoms with Gasteiger partial charge in [0.25, 0.3) is 0 Å². The average molecular weight is 215 g/mol. The Morgan fingerprint density at radius 2 is 2.07 bits per heavy atom. The third-order valence-corrected chi connectivity index (χ3v) is 3.49. The van der Waals surface area contributed by atoms with E-state index in [0.29, 0.717) is 10.6 Å².